The van der Waals surface area contributed by atoms with Gasteiger partial charge in [0, 0.05) is 14.7 Å². The summed E-state index contributed by atoms with van der Waals surface area (Å²) < 4.78 is 0. The Balaban J connectivity index is -0.000000303. The first-order valence-electron chi connectivity index (χ1n) is 7.57. The molecule has 0 fully saturated rings. The largest absolute Gasteiger partial charge is 0.269 e. The molecule has 3 rings (SSSR count). The molecule has 0 saturated carbocycles. The van der Waals surface area contributed by atoms with Crippen molar-refractivity contribution in [1.82, 2.24) is 0 Å². The van der Waals surface area contributed by atoms with Crippen molar-refractivity contribution >= 4 is 35.3 Å². The maximum Gasteiger partial charge on any atom is 0.00691 e. The van der Waals surface area contributed by atoms with Gasteiger partial charge < -0.3 is 0 Å². The standard InChI is InChI=1S/3C7H8S.3FH/c3*1-8-7-5-3-2-4-6-7;;;/h3*2-6H,1H3;3*1H. The monoisotopic (exact) mass is 432 g/mol. The highest BCUT2D eigenvalue weighted by molar-refractivity contribution is 7.99. The van der Waals surface area contributed by atoms with Gasteiger partial charge in [-0.3, -0.25) is 14.1 Å². The van der Waals surface area contributed by atoms with Crippen LogP contribution in [0.3, 0.4) is 0 Å². The number of hydrogen-bond donors (Lipinski definition) is 0. The third-order valence-electron chi connectivity index (χ3n) is 2.94. The molecule has 27 heavy (non-hydrogen) atoms. The lowest BCUT2D eigenvalue weighted by Gasteiger charge is -1.89. The van der Waals surface area contributed by atoms with Crippen LogP contribution in [0.15, 0.2) is 106 Å². The maximum atomic E-state index is 2.10. The van der Waals surface area contributed by atoms with Gasteiger partial charge in [0.05, 0.1) is 0 Å². The molecule has 0 nitrogen and oxygen atoms in total. The Labute approximate surface area is 173 Å². The summed E-state index contributed by atoms with van der Waals surface area (Å²) in [6.07, 6.45) is 6.24. The molecule has 0 N–H and O–H groups in total. The second kappa shape index (κ2) is 20.8. The fourth-order valence-electron chi connectivity index (χ4n) is 1.67. The lowest BCUT2D eigenvalue weighted by atomic mass is 10.4. The fourth-order valence-corrected chi connectivity index (χ4v) is 2.96. The van der Waals surface area contributed by atoms with E-state index in [1.165, 1.54) is 14.7 Å². The van der Waals surface area contributed by atoms with Gasteiger partial charge in [-0.05, 0) is 55.2 Å². The fraction of sp³-hybridized carbons (Fsp3) is 0.143. The molecule has 0 aliphatic heterocycles. The van der Waals surface area contributed by atoms with Crippen molar-refractivity contribution in [1.29, 1.82) is 0 Å². The molecule has 3 aromatic rings. The summed E-state index contributed by atoms with van der Waals surface area (Å²) in [5.74, 6) is 0. The summed E-state index contributed by atoms with van der Waals surface area (Å²) in [5.41, 5.74) is 0. The molecular weight excluding hydrogens is 405 g/mol. The highest BCUT2D eigenvalue weighted by Gasteiger charge is 1.81. The summed E-state index contributed by atoms with van der Waals surface area (Å²) in [6, 6.07) is 31.0. The van der Waals surface area contributed by atoms with E-state index in [1.807, 2.05) is 54.6 Å². The molecular formula is C21H27F3S3. The first kappa shape index (κ1) is 30.2. The Morgan fingerprint density at radius 3 is 0.667 bits per heavy atom. The van der Waals surface area contributed by atoms with Crippen LogP contribution in [0.25, 0.3) is 0 Å². The Morgan fingerprint density at radius 2 is 0.556 bits per heavy atom. The molecule has 150 valence electrons. The summed E-state index contributed by atoms with van der Waals surface area (Å²) in [5, 5.41) is 0. The zero-order valence-electron chi connectivity index (χ0n) is 15.6. The molecule has 0 aliphatic rings. The third-order valence-corrected chi connectivity index (χ3v) is 5.17. The third kappa shape index (κ3) is 15.3. The van der Waals surface area contributed by atoms with Crippen LogP contribution in [0.2, 0.25) is 0 Å². The van der Waals surface area contributed by atoms with Crippen molar-refractivity contribution in [3.05, 3.63) is 91.0 Å². The van der Waals surface area contributed by atoms with E-state index in [1.54, 1.807) is 35.3 Å². The van der Waals surface area contributed by atoms with E-state index in [4.69, 9.17) is 0 Å². The van der Waals surface area contributed by atoms with Crippen LogP contribution in [-0.4, -0.2) is 18.8 Å². The van der Waals surface area contributed by atoms with Crippen LogP contribution in [0.5, 0.6) is 0 Å². The molecule has 0 radical (unpaired) electrons. The number of halogens is 3. The maximum absolute atomic E-state index is 2.10. The molecule has 0 bridgehead atoms. The van der Waals surface area contributed by atoms with E-state index in [-0.39, 0.29) is 14.1 Å². The topological polar surface area (TPSA) is 0 Å². The number of benzene rings is 3. The summed E-state index contributed by atoms with van der Waals surface area (Å²) >= 11 is 5.31. The van der Waals surface area contributed by atoms with E-state index in [0.29, 0.717) is 0 Å². The molecule has 0 amide bonds. The van der Waals surface area contributed by atoms with Gasteiger partial charge in [-0.25, -0.2) is 0 Å². The van der Waals surface area contributed by atoms with E-state index in [2.05, 4.69) is 55.2 Å². The van der Waals surface area contributed by atoms with Crippen molar-refractivity contribution < 1.29 is 14.1 Å². The average molecular weight is 433 g/mol. The molecule has 0 saturated heterocycles. The van der Waals surface area contributed by atoms with Gasteiger partial charge in [0.1, 0.15) is 0 Å². The minimum absolute atomic E-state index is 0. The smallest absolute Gasteiger partial charge is 0.00691 e. The van der Waals surface area contributed by atoms with Crippen LogP contribution < -0.4 is 0 Å². The molecule has 0 atom stereocenters. The lowest BCUT2D eigenvalue weighted by Crippen LogP contribution is -1.62. The molecule has 0 aromatic heterocycles. The van der Waals surface area contributed by atoms with Crippen LogP contribution in [-0.2, 0) is 0 Å². The Morgan fingerprint density at radius 1 is 0.370 bits per heavy atom. The second-order valence-electron chi connectivity index (χ2n) is 4.55. The predicted molar refractivity (Wildman–Crippen MR) is 122 cm³/mol. The second-order valence-corrected chi connectivity index (χ2v) is 7.19. The van der Waals surface area contributed by atoms with Gasteiger partial charge in [0.25, 0.3) is 0 Å². The van der Waals surface area contributed by atoms with Crippen LogP contribution >= 0.6 is 35.3 Å². The zero-order valence-corrected chi connectivity index (χ0v) is 18.1. The molecule has 0 unspecified atom stereocenters. The zero-order chi connectivity index (χ0) is 17.5. The molecule has 6 heteroatoms. The quantitative estimate of drug-likeness (QED) is 0.390. The molecule has 0 aliphatic carbocycles. The van der Waals surface area contributed by atoms with Gasteiger partial charge in [-0.2, -0.15) is 0 Å². The predicted octanol–water partition coefficient (Wildman–Crippen LogP) is 7.68. The van der Waals surface area contributed by atoms with E-state index in [9.17, 15) is 0 Å². The first-order chi connectivity index (χ1) is 11.8. The molecule has 0 spiro atoms. The highest BCUT2D eigenvalue weighted by atomic mass is 32.2. The van der Waals surface area contributed by atoms with Gasteiger partial charge in [0.2, 0.25) is 0 Å². The SMILES string of the molecule is CSc1ccccc1.CSc1ccccc1.CSc1ccccc1.F.F.F. The van der Waals surface area contributed by atoms with Gasteiger partial charge in [0.15, 0.2) is 0 Å². The van der Waals surface area contributed by atoms with Gasteiger partial charge in [-0.15, -0.1) is 35.3 Å². The number of rotatable bonds is 3. The normalized spacial score (nSPS) is 8.11. The van der Waals surface area contributed by atoms with Crippen molar-refractivity contribution in [3.63, 3.8) is 0 Å². The van der Waals surface area contributed by atoms with Crippen molar-refractivity contribution in [3.8, 4) is 0 Å². The van der Waals surface area contributed by atoms with Crippen LogP contribution in [0.1, 0.15) is 0 Å². The summed E-state index contributed by atoms with van der Waals surface area (Å²) in [4.78, 5) is 3.98. The summed E-state index contributed by atoms with van der Waals surface area (Å²) in [7, 11) is 0. The van der Waals surface area contributed by atoms with Crippen LogP contribution in [0.4, 0.5) is 14.1 Å². The number of hydrogen-bond acceptors (Lipinski definition) is 3. The van der Waals surface area contributed by atoms with E-state index < -0.39 is 0 Å². The molecule has 3 aromatic carbocycles. The average Bonchev–Trinajstić information content (AvgIpc) is 2.71. The number of thioether (sulfide) groups is 3. The van der Waals surface area contributed by atoms with Gasteiger partial charge >= 0.3 is 0 Å². The van der Waals surface area contributed by atoms with Crippen molar-refractivity contribution in [2.24, 2.45) is 0 Å². The summed E-state index contributed by atoms with van der Waals surface area (Å²) in [6.45, 7) is 0. The minimum atomic E-state index is 0. The Kier molecular flexibility index (Phi) is 23.3. The van der Waals surface area contributed by atoms with E-state index >= 15 is 0 Å². The van der Waals surface area contributed by atoms with Gasteiger partial charge in [-0.1, -0.05) is 54.6 Å². The highest BCUT2D eigenvalue weighted by Crippen LogP contribution is 2.12. The van der Waals surface area contributed by atoms with Crippen LogP contribution in [0, 0.1) is 0 Å². The van der Waals surface area contributed by atoms with Crippen molar-refractivity contribution in [2.45, 2.75) is 14.7 Å². The minimum Gasteiger partial charge on any atom is -0.269 e. The molecule has 0 heterocycles. The lowest BCUT2D eigenvalue weighted by molar-refractivity contribution is 1.11. The first-order valence-corrected chi connectivity index (χ1v) is 11.2. The van der Waals surface area contributed by atoms with Crippen molar-refractivity contribution in [2.75, 3.05) is 18.8 Å². The Bertz CT molecular complexity index is 545. The van der Waals surface area contributed by atoms with E-state index in [0.717, 1.165) is 0 Å². The Hall–Kier alpha value is -1.50.